The Hall–Kier alpha value is -4.04. The van der Waals surface area contributed by atoms with E-state index in [1.807, 2.05) is 47.9 Å². The van der Waals surface area contributed by atoms with Crippen molar-refractivity contribution < 1.29 is 14.0 Å². The number of piperidine rings is 1. The predicted molar refractivity (Wildman–Crippen MR) is 140 cm³/mol. The van der Waals surface area contributed by atoms with E-state index in [0.29, 0.717) is 12.1 Å². The highest BCUT2D eigenvalue weighted by Gasteiger charge is 2.27. The Morgan fingerprint density at radius 3 is 2.16 bits per heavy atom. The molecular formula is C29H29FN4O3. The highest BCUT2D eigenvalue weighted by atomic mass is 19.1. The summed E-state index contributed by atoms with van der Waals surface area (Å²) in [6.07, 6.45) is 1.58. The van der Waals surface area contributed by atoms with Crippen molar-refractivity contribution >= 4 is 22.8 Å². The molecule has 0 atom stereocenters. The normalized spacial score (nSPS) is 14.6. The molecule has 8 heteroatoms. The smallest absolute Gasteiger partial charge is 0.306 e. The monoisotopic (exact) mass is 500 g/mol. The van der Waals surface area contributed by atoms with Crippen molar-refractivity contribution in [2.75, 3.05) is 26.2 Å². The summed E-state index contributed by atoms with van der Waals surface area (Å²) in [5.41, 5.74) is 3.35. The zero-order valence-corrected chi connectivity index (χ0v) is 20.7. The van der Waals surface area contributed by atoms with Gasteiger partial charge in [0.25, 0.3) is 11.8 Å². The van der Waals surface area contributed by atoms with Crippen molar-refractivity contribution in [3.63, 3.8) is 0 Å². The molecule has 2 heterocycles. The fourth-order valence-corrected chi connectivity index (χ4v) is 4.97. The van der Waals surface area contributed by atoms with Gasteiger partial charge in [-0.15, -0.1) is 0 Å². The second-order valence-electron chi connectivity index (χ2n) is 9.52. The maximum Gasteiger partial charge on any atom is 0.326 e. The number of carbonyl (C=O) groups excluding carboxylic acids is 2. The highest BCUT2D eigenvalue weighted by molar-refractivity contribution is 6.10. The van der Waals surface area contributed by atoms with Crippen LogP contribution in [0, 0.1) is 12.7 Å². The number of nitrogens with one attached hydrogen (secondary N) is 1. The molecule has 1 aromatic heterocycles. The van der Waals surface area contributed by atoms with Crippen LogP contribution in [0.15, 0.2) is 77.6 Å². The lowest BCUT2D eigenvalue weighted by Gasteiger charge is -2.33. The third kappa shape index (κ3) is 5.24. The third-order valence-electron chi connectivity index (χ3n) is 7.07. The first-order valence-corrected chi connectivity index (χ1v) is 12.5. The van der Waals surface area contributed by atoms with Crippen molar-refractivity contribution in [3.05, 3.63) is 106 Å². The first-order chi connectivity index (χ1) is 17.9. The number of aryl methyl sites for hydroxylation is 1. The number of amides is 2. The molecule has 4 aromatic rings. The van der Waals surface area contributed by atoms with E-state index in [4.69, 9.17) is 0 Å². The quantitative estimate of drug-likeness (QED) is 0.398. The van der Waals surface area contributed by atoms with Crippen LogP contribution in [0.2, 0.25) is 0 Å². The Morgan fingerprint density at radius 2 is 1.51 bits per heavy atom. The maximum atomic E-state index is 13.4. The molecule has 37 heavy (non-hydrogen) atoms. The minimum atomic E-state index is -0.453. The van der Waals surface area contributed by atoms with Gasteiger partial charge in [0.05, 0.1) is 11.0 Å². The first kappa shape index (κ1) is 24.6. The fourth-order valence-electron chi connectivity index (χ4n) is 4.97. The number of fused-ring (bicyclic) bond motifs is 1. The summed E-state index contributed by atoms with van der Waals surface area (Å²) in [7, 11) is 0. The summed E-state index contributed by atoms with van der Waals surface area (Å²) in [6, 6.07) is 20.1. The van der Waals surface area contributed by atoms with E-state index in [-0.39, 0.29) is 29.7 Å². The molecule has 0 bridgehead atoms. The molecule has 0 saturated carbocycles. The second-order valence-corrected chi connectivity index (χ2v) is 9.52. The van der Waals surface area contributed by atoms with E-state index in [1.54, 1.807) is 12.1 Å². The summed E-state index contributed by atoms with van der Waals surface area (Å²) in [6.45, 7) is 4.15. The van der Waals surface area contributed by atoms with Crippen molar-refractivity contribution in [1.82, 2.24) is 19.4 Å². The number of carbonyl (C=O) groups is 2. The lowest BCUT2D eigenvalue weighted by Crippen LogP contribution is -2.45. The minimum Gasteiger partial charge on any atom is -0.306 e. The van der Waals surface area contributed by atoms with E-state index in [1.165, 1.54) is 29.2 Å². The topological polar surface area (TPSA) is 78.4 Å². The molecular weight excluding hydrogens is 471 g/mol. The number of hydrogen-bond donors (Lipinski definition) is 1. The molecule has 1 aliphatic heterocycles. The van der Waals surface area contributed by atoms with E-state index in [9.17, 15) is 18.8 Å². The summed E-state index contributed by atoms with van der Waals surface area (Å²) in [4.78, 5) is 45.6. The number of halogens is 1. The van der Waals surface area contributed by atoms with E-state index < -0.39 is 11.7 Å². The molecule has 190 valence electrons. The molecule has 2 amide bonds. The van der Waals surface area contributed by atoms with Crippen LogP contribution in [0.3, 0.4) is 0 Å². The SMILES string of the molecule is Cc1ccc(C(=O)N(CCN2CCC(n3c(=O)[nH]c4ccccc43)CC2)C(=O)c2ccc(F)cc2)cc1. The zero-order valence-electron chi connectivity index (χ0n) is 20.7. The molecule has 0 radical (unpaired) electrons. The Labute approximate surface area is 214 Å². The molecule has 1 fully saturated rings. The number of benzene rings is 3. The second kappa shape index (κ2) is 10.5. The Kier molecular flexibility index (Phi) is 7.01. The fraction of sp³-hybridized carbons (Fsp3) is 0.276. The number of imidazole rings is 1. The van der Waals surface area contributed by atoms with Crippen LogP contribution in [0.5, 0.6) is 0 Å². The van der Waals surface area contributed by atoms with Crippen molar-refractivity contribution in [1.29, 1.82) is 0 Å². The van der Waals surface area contributed by atoms with Crippen LogP contribution in [0.4, 0.5) is 4.39 Å². The van der Waals surface area contributed by atoms with Gasteiger partial charge in [0.15, 0.2) is 0 Å². The number of aromatic amines is 1. The summed E-state index contributed by atoms with van der Waals surface area (Å²) in [5.74, 6) is -1.27. The number of likely N-dealkylation sites (tertiary alicyclic amines) is 1. The largest absolute Gasteiger partial charge is 0.326 e. The molecule has 0 aliphatic carbocycles. The van der Waals surface area contributed by atoms with Gasteiger partial charge in [0.2, 0.25) is 0 Å². The Morgan fingerprint density at radius 1 is 0.919 bits per heavy atom. The predicted octanol–water partition coefficient (Wildman–Crippen LogP) is 4.40. The molecule has 0 spiro atoms. The van der Waals surface area contributed by atoms with Gasteiger partial charge < -0.3 is 9.88 Å². The van der Waals surface area contributed by atoms with E-state index in [0.717, 1.165) is 42.5 Å². The molecule has 5 rings (SSSR count). The van der Waals surface area contributed by atoms with Crippen LogP contribution in [-0.2, 0) is 0 Å². The van der Waals surface area contributed by atoms with Gasteiger partial charge in [-0.25, -0.2) is 9.18 Å². The number of rotatable bonds is 6. The van der Waals surface area contributed by atoms with Crippen LogP contribution < -0.4 is 5.69 Å². The molecule has 7 nitrogen and oxygen atoms in total. The van der Waals surface area contributed by atoms with Gasteiger partial charge in [-0.1, -0.05) is 29.8 Å². The molecule has 3 aromatic carbocycles. The van der Waals surface area contributed by atoms with Crippen molar-refractivity contribution in [3.8, 4) is 0 Å². The molecule has 1 aliphatic rings. The highest BCUT2D eigenvalue weighted by Crippen LogP contribution is 2.25. The molecule has 1 N–H and O–H groups in total. The molecule has 0 unspecified atom stereocenters. The lowest BCUT2D eigenvalue weighted by molar-refractivity contribution is 0.0588. The number of imide groups is 1. The average molecular weight is 501 g/mol. The van der Waals surface area contributed by atoms with Crippen molar-refractivity contribution in [2.45, 2.75) is 25.8 Å². The van der Waals surface area contributed by atoms with Gasteiger partial charge in [0.1, 0.15) is 5.82 Å². The minimum absolute atomic E-state index is 0.0889. The van der Waals surface area contributed by atoms with Crippen LogP contribution in [-0.4, -0.2) is 57.3 Å². The Bertz CT molecular complexity index is 1410. The number of H-pyrrole nitrogens is 1. The first-order valence-electron chi connectivity index (χ1n) is 12.5. The lowest BCUT2D eigenvalue weighted by atomic mass is 10.0. The average Bonchev–Trinajstić information content (AvgIpc) is 3.25. The summed E-state index contributed by atoms with van der Waals surface area (Å²) >= 11 is 0. The number of para-hydroxylation sites is 2. The van der Waals surface area contributed by atoms with Gasteiger partial charge in [-0.05, 0) is 68.3 Å². The number of aromatic nitrogens is 2. The van der Waals surface area contributed by atoms with Crippen LogP contribution in [0.25, 0.3) is 11.0 Å². The van der Waals surface area contributed by atoms with Gasteiger partial charge in [-0.2, -0.15) is 0 Å². The zero-order chi connectivity index (χ0) is 25.9. The van der Waals surface area contributed by atoms with Gasteiger partial charge >= 0.3 is 5.69 Å². The third-order valence-corrected chi connectivity index (χ3v) is 7.07. The van der Waals surface area contributed by atoms with E-state index >= 15 is 0 Å². The van der Waals surface area contributed by atoms with Crippen LogP contribution >= 0.6 is 0 Å². The van der Waals surface area contributed by atoms with Crippen LogP contribution in [0.1, 0.15) is 45.2 Å². The summed E-state index contributed by atoms with van der Waals surface area (Å²) < 4.78 is 15.3. The van der Waals surface area contributed by atoms with Gasteiger partial charge in [0, 0.05) is 43.3 Å². The van der Waals surface area contributed by atoms with Crippen molar-refractivity contribution in [2.24, 2.45) is 0 Å². The Balaban J connectivity index is 1.28. The van der Waals surface area contributed by atoms with E-state index in [2.05, 4.69) is 9.88 Å². The van der Waals surface area contributed by atoms with Gasteiger partial charge in [-0.3, -0.25) is 19.1 Å². The molecule has 1 saturated heterocycles. The number of hydrogen-bond acceptors (Lipinski definition) is 4. The summed E-state index contributed by atoms with van der Waals surface area (Å²) in [5, 5.41) is 0. The maximum absolute atomic E-state index is 13.4. The standard InChI is InChI=1S/C29H29FN4O3/c1-20-6-8-21(9-7-20)27(35)33(28(36)22-10-12-23(30)13-11-22)19-18-32-16-14-24(15-17-32)34-26-5-3-2-4-25(26)31-29(34)37/h2-13,24H,14-19H2,1H3,(H,31,37). The number of nitrogens with zero attached hydrogens (tertiary/aromatic N) is 3.